The van der Waals surface area contributed by atoms with Gasteiger partial charge < -0.3 is 0 Å². The minimum absolute atomic E-state index is 0. The third-order valence-corrected chi connectivity index (χ3v) is 6.17. The van der Waals surface area contributed by atoms with Gasteiger partial charge in [0.05, 0.1) is 10.0 Å². The fourth-order valence-electron chi connectivity index (χ4n) is 3.04. The highest BCUT2D eigenvalue weighted by atomic mass is 35.5. The van der Waals surface area contributed by atoms with Gasteiger partial charge in [0, 0.05) is 36.0 Å². The molecular formula is C39H46Cl2F2. The monoisotopic (exact) mass is 622 g/mol. The minimum Gasteiger partial charge on any atom is -0.204 e. The summed E-state index contributed by atoms with van der Waals surface area (Å²) in [6.07, 6.45) is 3.74. The lowest BCUT2D eigenvalue weighted by molar-refractivity contribution is 0.508. The number of halogens is 4. The molecule has 3 aromatic rings. The van der Waals surface area contributed by atoms with Crippen molar-refractivity contribution in [3.05, 3.63) is 105 Å². The maximum absolute atomic E-state index is 12.7. The van der Waals surface area contributed by atoms with Crippen LogP contribution in [0.15, 0.2) is 60.7 Å². The first-order valence-electron chi connectivity index (χ1n) is 14.4. The van der Waals surface area contributed by atoms with Crippen molar-refractivity contribution in [2.75, 3.05) is 0 Å². The van der Waals surface area contributed by atoms with Crippen molar-refractivity contribution >= 4 is 23.2 Å². The maximum atomic E-state index is 12.7. The summed E-state index contributed by atoms with van der Waals surface area (Å²) in [5, 5.41) is 1.13. The summed E-state index contributed by atoms with van der Waals surface area (Å²) in [4.78, 5) is 0. The van der Waals surface area contributed by atoms with Crippen LogP contribution in [0.3, 0.4) is 0 Å². The molecule has 4 heteroatoms. The molecule has 0 nitrogen and oxygen atoms in total. The Morgan fingerprint density at radius 1 is 0.558 bits per heavy atom. The lowest BCUT2D eigenvalue weighted by Gasteiger charge is -1.96. The predicted molar refractivity (Wildman–Crippen MR) is 184 cm³/mol. The zero-order valence-electron chi connectivity index (χ0n) is 25.8. The molecule has 0 atom stereocenters. The molecule has 0 N–H and O–H groups in total. The average molecular weight is 624 g/mol. The fourth-order valence-corrected chi connectivity index (χ4v) is 3.34. The van der Waals surface area contributed by atoms with Gasteiger partial charge in [0.15, 0.2) is 11.6 Å². The number of hydrogen-bond acceptors (Lipinski definition) is 0. The van der Waals surface area contributed by atoms with Crippen molar-refractivity contribution in [3.8, 4) is 35.5 Å². The van der Waals surface area contributed by atoms with Crippen molar-refractivity contribution in [1.82, 2.24) is 0 Å². The Morgan fingerprint density at radius 2 is 0.977 bits per heavy atom. The lowest BCUT2D eigenvalue weighted by atomic mass is 10.1. The van der Waals surface area contributed by atoms with Gasteiger partial charge in [-0.15, -0.1) is 0 Å². The smallest absolute Gasteiger partial charge is 0.160 e. The van der Waals surface area contributed by atoms with Crippen LogP contribution in [-0.4, -0.2) is 0 Å². The van der Waals surface area contributed by atoms with Crippen molar-refractivity contribution < 1.29 is 8.78 Å². The lowest BCUT2D eigenvalue weighted by Crippen LogP contribution is -1.85. The molecule has 3 aromatic carbocycles. The van der Waals surface area contributed by atoms with Gasteiger partial charge in [0.25, 0.3) is 0 Å². The molecule has 0 aliphatic carbocycles. The van der Waals surface area contributed by atoms with Crippen LogP contribution in [-0.2, 0) is 6.42 Å². The topological polar surface area (TPSA) is 0 Å². The highest BCUT2D eigenvalue weighted by Crippen LogP contribution is 2.22. The molecule has 0 fully saturated rings. The second-order valence-electron chi connectivity index (χ2n) is 11.0. The second-order valence-corrected chi connectivity index (χ2v) is 11.8. The van der Waals surface area contributed by atoms with Gasteiger partial charge in [-0.05, 0) is 78.3 Å². The normalized spacial score (nSPS) is 9.53. The number of hydrogen-bond donors (Lipinski definition) is 0. The van der Waals surface area contributed by atoms with Gasteiger partial charge >= 0.3 is 0 Å². The summed E-state index contributed by atoms with van der Waals surface area (Å²) in [6.45, 7) is 14.9. The van der Waals surface area contributed by atoms with Crippen LogP contribution in [0.1, 0.15) is 97.4 Å². The molecule has 0 saturated heterocycles. The molecule has 0 spiro atoms. The Labute approximate surface area is 270 Å². The van der Waals surface area contributed by atoms with Gasteiger partial charge in [0.2, 0.25) is 0 Å². The molecular weight excluding hydrogens is 577 g/mol. The van der Waals surface area contributed by atoms with Crippen LogP contribution < -0.4 is 0 Å². The third-order valence-electron chi connectivity index (χ3n) is 5.43. The molecule has 0 radical (unpaired) electrons. The Morgan fingerprint density at radius 3 is 1.40 bits per heavy atom. The summed E-state index contributed by atoms with van der Waals surface area (Å²) in [7, 11) is 0. The Hall–Kier alpha value is -3.22. The van der Waals surface area contributed by atoms with Crippen molar-refractivity contribution in [2.45, 2.75) is 81.6 Å². The Bertz CT molecular complexity index is 1340. The average Bonchev–Trinajstić information content (AvgIpc) is 2.93. The van der Waals surface area contributed by atoms with E-state index in [1.54, 1.807) is 12.1 Å². The minimum atomic E-state index is -0.846. The predicted octanol–water partition coefficient (Wildman–Crippen LogP) is 12.0. The van der Waals surface area contributed by atoms with E-state index in [4.69, 9.17) is 23.2 Å². The van der Waals surface area contributed by atoms with E-state index in [0.29, 0.717) is 33.4 Å². The first kappa shape index (κ1) is 39.8. The van der Waals surface area contributed by atoms with E-state index >= 15 is 0 Å². The van der Waals surface area contributed by atoms with E-state index in [1.807, 2.05) is 6.07 Å². The van der Waals surface area contributed by atoms with Crippen LogP contribution in [0, 0.1) is 64.9 Å². The molecule has 3 rings (SSSR count). The van der Waals surface area contributed by atoms with Crippen LogP contribution in [0.4, 0.5) is 8.78 Å². The summed E-state index contributed by atoms with van der Waals surface area (Å²) >= 11 is 11.6. The van der Waals surface area contributed by atoms with Crippen molar-refractivity contribution in [1.29, 1.82) is 0 Å². The van der Waals surface area contributed by atoms with Gasteiger partial charge in [-0.2, -0.15) is 0 Å². The molecule has 43 heavy (non-hydrogen) atoms. The van der Waals surface area contributed by atoms with Crippen LogP contribution in [0.25, 0.3) is 0 Å². The first-order valence-corrected chi connectivity index (χ1v) is 15.1. The zero-order chi connectivity index (χ0) is 31.5. The molecule has 0 saturated carbocycles. The van der Waals surface area contributed by atoms with E-state index < -0.39 is 11.6 Å². The molecule has 0 amide bonds. The van der Waals surface area contributed by atoms with Gasteiger partial charge in [-0.25, -0.2) is 8.78 Å². The van der Waals surface area contributed by atoms with Crippen LogP contribution in [0.5, 0.6) is 0 Å². The molecule has 0 unspecified atom stereocenters. The fraction of sp³-hybridized carbons (Fsp3) is 0.385. The van der Waals surface area contributed by atoms with E-state index in [-0.39, 0.29) is 7.43 Å². The quantitative estimate of drug-likeness (QED) is 0.254. The van der Waals surface area contributed by atoms with Gasteiger partial charge in [0.1, 0.15) is 0 Å². The van der Waals surface area contributed by atoms with Gasteiger partial charge in [-0.1, -0.05) is 127 Å². The summed E-state index contributed by atoms with van der Waals surface area (Å²) in [5.74, 6) is 18.3. The summed E-state index contributed by atoms with van der Waals surface area (Å²) in [6, 6.07) is 17.6. The van der Waals surface area contributed by atoms with Crippen molar-refractivity contribution in [3.63, 3.8) is 0 Å². The number of benzene rings is 3. The van der Waals surface area contributed by atoms with Crippen LogP contribution >= 0.6 is 23.2 Å². The molecule has 0 aromatic heterocycles. The molecule has 0 bridgehead atoms. The highest BCUT2D eigenvalue weighted by molar-refractivity contribution is 6.42. The number of rotatable bonds is 4. The molecule has 0 aliphatic heterocycles. The summed E-state index contributed by atoms with van der Waals surface area (Å²) < 4.78 is 25.2. The highest BCUT2D eigenvalue weighted by Gasteiger charge is 2.00. The third kappa shape index (κ3) is 18.8. The van der Waals surface area contributed by atoms with E-state index in [9.17, 15) is 8.78 Å². The van der Waals surface area contributed by atoms with E-state index in [2.05, 4.69) is 108 Å². The Balaban J connectivity index is 0.000000608. The van der Waals surface area contributed by atoms with E-state index in [0.717, 1.165) is 48.9 Å². The first-order chi connectivity index (χ1) is 19.9. The molecule has 230 valence electrons. The maximum Gasteiger partial charge on any atom is 0.160 e. The van der Waals surface area contributed by atoms with Crippen molar-refractivity contribution in [2.24, 2.45) is 17.8 Å². The van der Waals surface area contributed by atoms with Crippen LogP contribution in [0.2, 0.25) is 10.0 Å². The molecule has 0 heterocycles. The number of aryl methyl sites for hydroxylation is 1. The zero-order valence-corrected chi connectivity index (χ0v) is 27.4. The Kier molecular flexibility index (Phi) is 20.7. The largest absolute Gasteiger partial charge is 0.204 e. The molecule has 0 aliphatic rings. The summed E-state index contributed by atoms with van der Waals surface area (Å²) in [5.41, 5.74) is 3.94. The second kappa shape index (κ2) is 22.3. The van der Waals surface area contributed by atoms with E-state index in [1.165, 1.54) is 11.6 Å². The standard InChI is InChI=1S/C14H18.C12H12Cl2.C12H12F2.CH4/c1-4-13-8-10-14(11-9-13)7-5-6-12(2)3;2*1-9(2)4-3-5-10-6-7-11(13)12(14)8-10;/h8-12H,4,6H2,1-3H3;2*6-9H,4H2,1-2H3;1H4. The SMILES string of the molecule is C.CC(C)CC#Cc1ccc(Cl)c(Cl)c1.CC(C)CC#Cc1ccc(F)c(F)c1.CCc1ccc(C#CCC(C)C)cc1. The van der Waals surface area contributed by atoms with Gasteiger partial charge in [-0.3, -0.25) is 0 Å².